The average molecular weight is 279 g/mol. The predicted molar refractivity (Wildman–Crippen MR) is 73.4 cm³/mol. The standard InChI is InChI=1S/C13H14FN3OS/c1-2-11(13-16-5-6-19-13)17-12(18)8-3-4-9(14)10(15)7-8/h3-7,11H,2,15H2,1H3,(H,17,18). The van der Waals surface area contributed by atoms with Crippen molar-refractivity contribution in [2.45, 2.75) is 19.4 Å². The van der Waals surface area contributed by atoms with Gasteiger partial charge in [-0.3, -0.25) is 4.79 Å². The summed E-state index contributed by atoms with van der Waals surface area (Å²) in [6.07, 6.45) is 2.43. The van der Waals surface area contributed by atoms with E-state index in [-0.39, 0.29) is 17.6 Å². The van der Waals surface area contributed by atoms with E-state index in [9.17, 15) is 9.18 Å². The normalized spacial score (nSPS) is 12.1. The molecule has 0 aliphatic carbocycles. The molecule has 4 nitrogen and oxygen atoms in total. The van der Waals surface area contributed by atoms with Crippen molar-refractivity contribution < 1.29 is 9.18 Å². The highest BCUT2D eigenvalue weighted by Gasteiger charge is 2.16. The predicted octanol–water partition coefficient (Wildman–Crippen LogP) is 2.75. The number of amides is 1. The van der Waals surface area contributed by atoms with Gasteiger partial charge in [0.05, 0.1) is 11.7 Å². The second kappa shape index (κ2) is 5.79. The first kappa shape index (κ1) is 13.5. The van der Waals surface area contributed by atoms with Crippen LogP contribution >= 0.6 is 11.3 Å². The van der Waals surface area contributed by atoms with E-state index in [4.69, 9.17) is 5.73 Å². The summed E-state index contributed by atoms with van der Waals surface area (Å²) in [5.74, 6) is -0.808. The molecule has 0 fully saturated rings. The number of nitrogens with zero attached hydrogens (tertiary/aromatic N) is 1. The van der Waals surface area contributed by atoms with Gasteiger partial charge in [0.2, 0.25) is 0 Å². The molecule has 0 aliphatic heterocycles. The van der Waals surface area contributed by atoms with Crippen molar-refractivity contribution in [1.82, 2.24) is 10.3 Å². The van der Waals surface area contributed by atoms with Crippen LogP contribution in [0.5, 0.6) is 0 Å². The summed E-state index contributed by atoms with van der Waals surface area (Å²) >= 11 is 1.49. The SMILES string of the molecule is CCC(NC(=O)c1ccc(F)c(N)c1)c1nccs1. The zero-order valence-electron chi connectivity index (χ0n) is 10.4. The van der Waals surface area contributed by atoms with Crippen molar-refractivity contribution in [2.75, 3.05) is 5.73 Å². The second-order valence-corrected chi connectivity index (χ2v) is 4.97. The number of hydrogen-bond acceptors (Lipinski definition) is 4. The molecule has 19 heavy (non-hydrogen) atoms. The summed E-state index contributed by atoms with van der Waals surface area (Å²) in [4.78, 5) is 16.2. The zero-order chi connectivity index (χ0) is 13.8. The van der Waals surface area contributed by atoms with Gasteiger partial charge >= 0.3 is 0 Å². The minimum absolute atomic E-state index is 0.0325. The van der Waals surface area contributed by atoms with Gasteiger partial charge in [-0.25, -0.2) is 9.37 Å². The largest absolute Gasteiger partial charge is 0.396 e. The summed E-state index contributed by atoms with van der Waals surface area (Å²) in [5.41, 5.74) is 5.76. The molecule has 0 radical (unpaired) electrons. The number of thiazole rings is 1. The van der Waals surface area contributed by atoms with Crippen LogP contribution in [0, 0.1) is 5.82 Å². The fourth-order valence-electron chi connectivity index (χ4n) is 1.67. The number of aromatic nitrogens is 1. The van der Waals surface area contributed by atoms with E-state index in [1.807, 2.05) is 12.3 Å². The summed E-state index contributed by atoms with van der Waals surface area (Å²) in [6, 6.07) is 3.79. The van der Waals surface area contributed by atoms with Gasteiger partial charge in [-0.15, -0.1) is 11.3 Å². The fourth-order valence-corrected chi connectivity index (χ4v) is 2.44. The van der Waals surface area contributed by atoms with Crippen LogP contribution in [0.3, 0.4) is 0 Å². The van der Waals surface area contributed by atoms with Crippen LogP contribution in [0.2, 0.25) is 0 Å². The number of hydrogen-bond donors (Lipinski definition) is 2. The number of nitrogens with one attached hydrogen (secondary N) is 1. The van der Waals surface area contributed by atoms with E-state index in [0.29, 0.717) is 5.56 Å². The van der Waals surface area contributed by atoms with Gasteiger partial charge < -0.3 is 11.1 Å². The molecule has 0 bridgehead atoms. The Bertz CT molecular complexity index is 571. The first-order chi connectivity index (χ1) is 9.11. The van der Waals surface area contributed by atoms with Crippen molar-refractivity contribution >= 4 is 22.9 Å². The smallest absolute Gasteiger partial charge is 0.251 e. The third-order valence-corrected chi connectivity index (χ3v) is 3.61. The highest BCUT2D eigenvalue weighted by molar-refractivity contribution is 7.09. The van der Waals surface area contributed by atoms with Crippen molar-refractivity contribution in [2.24, 2.45) is 0 Å². The van der Waals surface area contributed by atoms with Gasteiger partial charge in [0.15, 0.2) is 0 Å². The topological polar surface area (TPSA) is 68.0 Å². The Morgan fingerprint density at radius 2 is 2.37 bits per heavy atom. The molecule has 1 atom stereocenters. The number of halogens is 1. The first-order valence-corrected chi connectivity index (χ1v) is 6.75. The minimum Gasteiger partial charge on any atom is -0.396 e. The average Bonchev–Trinajstić information content (AvgIpc) is 2.92. The molecular weight excluding hydrogens is 265 g/mol. The maximum atomic E-state index is 13.0. The molecule has 1 unspecified atom stereocenters. The minimum atomic E-state index is -0.525. The lowest BCUT2D eigenvalue weighted by Crippen LogP contribution is -2.28. The number of rotatable bonds is 4. The number of benzene rings is 1. The van der Waals surface area contributed by atoms with Crippen molar-refractivity contribution in [1.29, 1.82) is 0 Å². The van der Waals surface area contributed by atoms with Gasteiger partial charge in [-0.2, -0.15) is 0 Å². The Balaban J connectivity index is 2.13. The number of nitrogens with two attached hydrogens (primary N) is 1. The summed E-state index contributed by atoms with van der Waals surface area (Å²) in [7, 11) is 0. The van der Waals surface area contributed by atoms with Crippen LogP contribution in [0.25, 0.3) is 0 Å². The third-order valence-electron chi connectivity index (χ3n) is 2.72. The molecule has 0 saturated heterocycles. The molecule has 0 spiro atoms. The molecular formula is C13H14FN3OS. The van der Waals surface area contributed by atoms with E-state index >= 15 is 0 Å². The lowest BCUT2D eigenvalue weighted by Gasteiger charge is -2.14. The summed E-state index contributed by atoms with van der Waals surface area (Å²) < 4.78 is 13.0. The molecule has 0 saturated carbocycles. The lowest BCUT2D eigenvalue weighted by atomic mass is 10.1. The molecule has 2 aromatic rings. The quantitative estimate of drug-likeness (QED) is 0.846. The van der Waals surface area contributed by atoms with Gasteiger partial charge in [0.25, 0.3) is 5.91 Å². The Hall–Kier alpha value is -1.95. The summed E-state index contributed by atoms with van der Waals surface area (Å²) in [6.45, 7) is 1.96. The van der Waals surface area contributed by atoms with Crippen LogP contribution in [0.1, 0.15) is 34.8 Å². The van der Waals surface area contributed by atoms with Gasteiger partial charge in [-0.1, -0.05) is 6.92 Å². The Kier molecular flexibility index (Phi) is 4.11. The number of carbonyl (C=O) groups excluding carboxylic acids is 1. The fraction of sp³-hybridized carbons (Fsp3) is 0.231. The van der Waals surface area contributed by atoms with Crippen LogP contribution in [-0.4, -0.2) is 10.9 Å². The van der Waals surface area contributed by atoms with Gasteiger partial charge in [0, 0.05) is 17.1 Å². The zero-order valence-corrected chi connectivity index (χ0v) is 11.2. The lowest BCUT2D eigenvalue weighted by molar-refractivity contribution is 0.0935. The monoisotopic (exact) mass is 279 g/mol. The van der Waals surface area contributed by atoms with Crippen molar-refractivity contribution in [3.8, 4) is 0 Å². The molecule has 1 aromatic carbocycles. The molecule has 1 heterocycles. The van der Waals surface area contributed by atoms with Gasteiger partial charge in [0.1, 0.15) is 10.8 Å². The maximum absolute atomic E-state index is 13.0. The van der Waals surface area contributed by atoms with Crippen LogP contribution in [0.15, 0.2) is 29.8 Å². The van der Waals surface area contributed by atoms with Crippen molar-refractivity contribution in [3.05, 3.63) is 46.2 Å². The van der Waals surface area contributed by atoms with Crippen molar-refractivity contribution in [3.63, 3.8) is 0 Å². The molecule has 100 valence electrons. The first-order valence-electron chi connectivity index (χ1n) is 5.87. The Morgan fingerprint density at radius 1 is 1.58 bits per heavy atom. The highest BCUT2D eigenvalue weighted by atomic mass is 32.1. The molecule has 6 heteroatoms. The maximum Gasteiger partial charge on any atom is 0.251 e. The second-order valence-electron chi connectivity index (χ2n) is 4.04. The van der Waals surface area contributed by atoms with Crippen LogP contribution < -0.4 is 11.1 Å². The third kappa shape index (κ3) is 3.08. The van der Waals surface area contributed by atoms with E-state index in [0.717, 1.165) is 11.4 Å². The van der Waals surface area contributed by atoms with E-state index in [2.05, 4.69) is 10.3 Å². The Morgan fingerprint density at radius 3 is 2.95 bits per heavy atom. The molecule has 2 rings (SSSR count). The Labute approximate surface area is 114 Å². The molecule has 3 N–H and O–H groups in total. The molecule has 1 aromatic heterocycles. The number of nitrogen functional groups attached to an aromatic ring is 1. The van der Waals surface area contributed by atoms with Crippen LogP contribution in [0.4, 0.5) is 10.1 Å². The highest BCUT2D eigenvalue weighted by Crippen LogP contribution is 2.20. The van der Waals surface area contributed by atoms with Crippen LogP contribution in [-0.2, 0) is 0 Å². The summed E-state index contributed by atoms with van der Waals surface area (Å²) in [5, 5.41) is 5.58. The number of carbonyl (C=O) groups is 1. The van der Waals surface area contributed by atoms with E-state index in [1.165, 1.54) is 29.5 Å². The van der Waals surface area contributed by atoms with E-state index < -0.39 is 5.82 Å². The molecule has 1 amide bonds. The van der Waals surface area contributed by atoms with E-state index in [1.54, 1.807) is 6.20 Å². The number of anilines is 1. The molecule has 0 aliphatic rings. The van der Waals surface area contributed by atoms with Gasteiger partial charge in [-0.05, 0) is 24.6 Å².